The van der Waals surface area contributed by atoms with Gasteiger partial charge in [-0.3, -0.25) is 0 Å². The number of rotatable bonds is 0. The van der Waals surface area contributed by atoms with Crippen LogP contribution in [0.2, 0.25) is 0 Å². The van der Waals surface area contributed by atoms with Crippen molar-refractivity contribution in [3.8, 4) is 0 Å². The summed E-state index contributed by atoms with van der Waals surface area (Å²) < 4.78 is 0. The van der Waals surface area contributed by atoms with Crippen molar-refractivity contribution in [2.75, 3.05) is 0 Å². The van der Waals surface area contributed by atoms with Gasteiger partial charge in [-0.05, 0) is 0 Å². The van der Waals surface area contributed by atoms with E-state index in [1.54, 1.807) is 0 Å². The SMILES string of the molecule is Cl.[CH2-]c1ccccc1.[K+]. The molecule has 0 nitrogen and oxygen atoms in total. The Balaban J connectivity index is 0. The molecule has 0 saturated heterocycles. The molecule has 0 aromatic heterocycles. The molecule has 1 rings (SSSR count). The van der Waals surface area contributed by atoms with Gasteiger partial charge in [0, 0.05) is 0 Å². The van der Waals surface area contributed by atoms with Crippen molar-refractivity contribution in [3.63, 3.8) is 0 Å². The normalized spacial score (nSPS) is 6.67. The van der Waals surface area contributed by atoms with Crippen LogP contribution in [0.25, 0.3) is 0 Å². The molecule has 0 spiro atoms. The zero-order valence-corrected chi connectivity index (χ0v) is 9.44. The van der Waals surface area contributed by atoms with E-state index in [1.807, 2.05) is 30.3 Å². The molecule has 44 valence electrons. The standard InChI is InChI=1S/C7H7.ClH.K/c1-7-5-3-2-4-6-7;;/h2-6H,1H2;1H;/q-1;;+1. The number of hydrogen-bond acceptors (Lipinski definition) is 0. The second kappa shape index (κ2) is 7.13. The van der Waals surface area contributed by atoms with E-state index in [0.717, 1.165) is 5.56 Å². The summed E-state index contributed by atoms with van der Waals surface area (Å²) >= 11 is 0. The van der Waals surface area contributed by atoms with E-state index in [9.17, 15) is 0 Å². The molecular formula is C7H8ClK. The molecule has 0 atom stereocenters. The van der Waals surface area contributed by atoms with Crippen LogP contribution in [-0.4, -0.2) is 0 Å². The summed E-state index contributed by atoms with van der Waals surface area (Å²) in [5.41, 5.74) is 1.07. The van der Waals surface area contributed by atoms with Gasteiger partial charge in [-0.2, -0.15) is 24.6 Å². The van der Waals surface area contributed by atoms with Gasteiger partial charge in [0.25, 0.3) is 0 Å². The maximum atomic E-state index is 3.72. The largest absolute Gasteiger partial charge is 1.00 e. The van der Waals surface area contributed by atoms with Crippen LogP contribution in [0.3, 0.4) is 0 Å². The minimum Gasteiger partial charge on any atom is -0.199 e. The second-order valence-electron chi connectivity index (χ2n) is 1.49. The quantitative estimate of drug-likeness (QED) is 0.353. The van der Waals surface area contributed by atoms with E-state index in [1.165, 1.54) is 0 Å². The van der Waals surface area contributed by atoms with E-state index in [-0.39, 0.29) is 63.8 Å². The zero-order valence-electron chi connectivity index (χ0n) is 5.50. The molecule has 0 heterocycles. The summed E-state index contributed by atoms with van der Waals surface area (Å²) in [6, 6.07) is 9.87. The van der Waals surface area contributed by atoms with E-state index < -0.39 is 0 Å². The molecule has 0 amide bonds. The average Bonchev–Trinajstić information content (AvgIpc) is 1.69. The molecule has 1 aromatic carbocycles. The number of halogens is 1. The topological polar surface area (TPSA) is 0 Å². The van der Waals surface area contributed by atoms with Gasteiger partial charge in [-0.15, -0.1) is 24.5 Å². The Morgan fingerprint density at radius 3 is 1.67 bits per heavy atom. The van der Waals surface area contributed by atoms with E-state index in [0.29, 0.717) is 0 Å². The monoisotopic (exact) mass is 166 g/mol. The fourth-order valence-electron chi connectivity index (χ4n) is 0.478. The van der Waals surface area contributed by atoms with Gasteiger partial charge in [0.1, 0.15) is 0 Å². The molecule has 0 N–H and O–H groups in total. The molecular weight excluding hydrogens is 159 g/mol. The summed E-state index contributed by atoms with van der Waals surface area (Å²) in [6.07, 6.45) is 0. The summed E-state index contributed by atoms with van der Waals surface area (Å²) in [4.78, 5) is 0. The van der Waals surface area contributed by atoms with Crippen molar-refractivity contribution in [3.05, 3.63) is 42.8 Å². The molecule has 2 heteroatoms. The van der Waals surface area contributed by atoms with Crippen molar-refractivity contribution in [2.45, 2.75) is 0 Å². The maximum Gasteiger partial charge on any atom is 1.00 e. The summed E-state index contributed by atoms with van der Waals surface area (Å²) in [6.45, 7) is 3.72. The smallest absolute Gasteiger partial charge is 0.199 e. The fourth-order valence-corrected chi connectivity index (χ4v) is 0.478. The average molecular weight is 167 g/mol. The zero-order chi connectivity index (χ0) is 5.11. The molecule has 0 bridgehead atoms. The summed E-state index contributed by atoms with van der Waals surface area (Å²) in [7, 11) is 0. The number of hydrogen-bond donors (Lipinski definition) is 0. The second-order valence-corrected chi connectivity index (χ2v) is 1.49. The van der Waals surface area contributed by atoms with Gasteiger partial charge in [-0.1, -0.05) is 6.07 Å². The Morgan fingerprint density at radius 2 is 1.44 bits per heavy atom. The molecule has 9 heavy (non-hydrogen) atoms. The van der Waals surface area contributed by atoms with Crippen molar-refractivity contribution in [1.29, 1.82) is 0 Å². The first-order chi connectivity index (χ1) is 3.39. The van der Waals surface area contributed by atoms with E-state index >= 15 is 0 Å². The predicted molar refractivity (Wildman–Crippen MR) is 38.1 cm³/mol. The Bertz CT molecular complexity index is 139. The summed E-state index contributed by atoms with van der Waals surface area (Å²) in [5, 5.41) is 0. The Hall–Kier alpha value is 1.02. The Kier molecular flexibility index (Phi) is 10.0. The Morgan fingerprint density at radius 1 is 1.00 bits per heavy atom. The van der Waals surface area contributed by atoms with Crippen LogP contribution >= 0.6 is 12.4 Å². The third-order valence-corrected chi connectivity index (χ3v) is 0.843. The van der Waals surface area contributed by atoms with Gasteiger partial charge in [0.05, 0.1) is 0 Å². The molecule has 0 aliphatic carbocycles. The van der Waals surface area contributed by atoms with Gasteiger partial charge >= 0.3 is 51.4 Å². The molecule has 0 unspecified atom stereocenters. The van der Waals surface area contributed by atoms with Crippen molar-refractivity contribution < 1.29 is 51.4 Å². The third-order valence-electron chi connectivity index (χ3n) is 0.843. The van der Waals surface area contributed by atoms with Crippen LogP contribution in [0.5, 0.6) is 0 Å². The van der Waals surface area contributed by atoms with Crippen LogP contribution in [0.15, 0.2) is 30.3 Å². The first kappa shape index (κ1) is 12.7. The third kappa shape index (κ3) is 5.46. The van der Waals surface area contributed by atoms with Crippen LogP contribution < -0.4 is 51.4 Å². The molecule has 0 aliphatic heterocycles. The van der Waals surface area contributed by atoms with Gasteiger partial charge in [-0.25, -0.2) is 0 Å². The molecule has 1 aromatic rings. The maximum absolute atomic E-state index is 3.72. The minimum absolute atomic E-state index is 0. The predicted octanol–water partition coefficient (Wildman–Crippen LogP) is -0.705. The molecule has 0 fully saturated rings. The van der Waals surface area contributed by atoms with Crippen molar-refractivity contribution in [2.24, 2.45) is 0 Å². The van der Waals surface area contributed by atoms with Crippen LogP contribution in [0, 0.1) is 6.92 Å². The van der Waals surface area contributed by atoms with Crippen molar-refractivity contribution >= 4 is 12.4 Å². The molecule has 0 aliphatic rings. The minimum atomic E-state index is 0. The van der Waals surface area contributed by atoms with E-state index in [2.05, 4.69) is 6.92 Å². The van der Waals surface area contributed by atoms with Gasteiger partial charge in [0.2, 0.25) is 0 Å². The molecule has 0 radical (unpaired) electrons. The number of benzene rings is 1. The molecule has 0 saturated carbocycles. The first-order valence-corrected chi connectivity index (χ1v) is 2.26. The first-order valence-electron chi connectivity index (χ1n) is 2.26. The van der Waals surface area contributed by atoms with Gasteiger partial charge in [0.15, 0.2) is 0 Å². The van der Waals surface area contributed by atoms with Crippen molar-refractivity contribution in [1.82, 2.24) is 0 Å². The van der Waals surface area contributed by atoms with Crippen LogP contribution in [-0.2, 0) is 0 Å². The van der Waals surface area contributed by atoms with Crippen LogP contribution in [0.4, 0.5) is 0 Å². The van der Waals surface area contributed by atoms with E-state index in [4.69, 9.17) is 0 Å². The van der Waals surface area contributed by atoms with Crippen LogP contribution in [0.1, 0.15) is 5.56 Å². The fraction of sp³-hybridized carbons (Fsp3) is 0. The van der Waals surface area contributed by atoms with Gasteiger partial charge < -0.3 is 0 Å². The Labute approximate surface area is 105 Å². The summed E-state index contributed by atoms with van der Waals surface area (Å²) in [5.74, 6) is 0.